The highest BCUT2D eigenvalue weighted by Gasteiger charge is 2.35. The largest absolute Gasteiger partial charge is 0.342 e. The summed E-state index contributed by atoms with van der Waals surface area (Å²) in [5.74, 6) is -1.27. The van der Waals surface area contributed by atoms with Crippen molar-refractivity contribution < 1.29 is 18.0 Å². The number of H-pyrrole nitrogens is 1. The monoisotopic (exact) mass is 548 g/mol. The molecule has 40 heavy (non-hydrogen) atoms. The van der Waals surface area contributed by atoms with E-state index >= 15 is 0 Å². The number of aryl methyl sites for hydroxylation is 2. The van der Waals surface area contributed by atoms with Crippen molar-refractivity contribution in [3.05, 3.63) is 88.7 Å². The van der Waals surface area contributed by atoms with Crippen molar-refractivity contribution in [2.75, 3.05) is 19.8 Å². The fourth-order valence-corrected chi connectivity index (χ4v) is 5.68. The van der Waals surface area contributed by atoms with Gasteiger partial charge in [0.2, 0.25) is 0 Å². The van der Waals surface area contributed by atoms with E-state index in [1.54, 1.807) is 4.90 Å². The number of carbonyl (C=O) groups excluding carboxylic acids is 1. The molecule has 1 fully saturated rings. The van der Waals surface area contributed by atoms with E-state index in [9.17, 15) is 18.0 Å². The van der Waals surface area contributed by atoms with Gasteiger partial charge in [-0.15, -0.1) is 0 Å². The molecule has 2 amide bonds. The molecule has 0 bridgehead atoms. The molecule has 3 aromatic carbocycles. The molecule has 5 rings (SSSR count). The van der Waals surface area contributed by atoms with Crippen molar-refractivity contribution >= 4 is 17.1 Å². The number of imidazole rings is 1. The number of amides is 2. The van der Waals surface area contributed by atoms with Crippen molar-refractivity contribution in [3.63, 3.8) is 0 Å². The summed E-state index contributed by atoms with van der Waals surface area (Å²) in [5, 5.41) is 0. The van der Waals surface area contributed by atoms with Crippen LogP contribution in [0.1, 0.15) is 54.7 Å². The second-order valence-electron chi connectivity index (χ2n) is 10.8. The predicted octanol–water partition coefficient (Wildman–Crippen LogP) is 7.88. The Labute approximate surface area is 233 Å². The quantitative estimate of drug-likeness (QED) is 0.255. The Kier molecular flexibility index (Phi) is 8.14. The number of nitrogens with one attached hydrogen (secondary N) is 1. The summed E-state index contributed by atoms with van der Waals surface area (Å²) in [6.07, 6.45) is 1.67. The van der Waals surface area contributed by atoms with Crippen LogP contribution in [0.2, 0.25) is 0 Å². The number of aromatic nitrogens is 2. The maximum atomic E-state index is 14.1. The number of urea groups is 1. The number of rotatable bonds is 7. The fraction of sp³-hybridized carbons (Fsp3) is 0.375. The molecule has 0 spiro atoms. The Hall–Kier alpha value is -3.81. The normalized spacial score (nSPS) is 17.4. The fourth-order valence-electron chi connectivity index (χ4n) is 5.68. The van der Waals surface area contributed by atoms with E-state index in [0.717, 1.165) is 57.7 Å². The van der Waals surface area contributed by atoms with Gasteiger partial charge in [-0.3, -0.25) is 4.39 Å². The number of hydrogen-bond acceptors (Lipinski definition) is 2. The SMILES string of the molecule is CCCN(Cc1cc(-c2ccc3nc(C)[nH]c3c2)ccc1C)C(=O)N1CC[C@H](CF)C[C@@H]1c1ccc(F)c(F)c1. The maximum absolute atomic E-state index is 14.1. The Balaban J connectivity index is 1.43. The number of alkyl halides is 1. The van der Waals surface area contributed by atoms with E-state index in [0.29, 0.717) is 38.0 Å². The zero-order valence-electron chi connectivity index (χ0n) is 23.2. The van der Waals surface area contributed by atoms with Gasteiger partial charge in [-0.25, -0.2) is 18.6 Å². The molecule has 1 aliphatic heterocycles. The van der Waals surface area contributed by atoms with E-state index in [-0.39, 0.29) is 11.9 Å². The molecule has 2 atom stereocenters. The highest BCUT2D eigenvalue weighted by atomic mass is 19.2. The second kappa shape index (κ2) is 11.7. The van der Waals surface area contributed by atoms with Gasteiger partial charge < -0.3 is 14.8 Å². The third kappa shape index (κ3) is 5.71. The van der Waals surface area contributed by atoms with Gasteiger partial charge in [-0.2, -0.15) is 0 Å². The topological polar surface area (TPSA) is 52.2 Å². The smallest absolute Gasteiger partial charge is 0.320 e. The zero-order valence-corrected chi connectivity index (χ0v) is 23.2. The van der Waals surface area contributed by atoms with Crippen LogP contribution in [-0.4, -0.2) is 45.6 Å². The molecule has 0 aliphatic carbocycles. The van der Waals surface area contributed by atoms with Gasteiger partial charge in [0.1, 0.15) is 5.82 Å². The average molecular weight is 549 g/mol. The number of hydrogen-bond donors (Lipinski definition) is 1. The summed E-state index contributed by atoms with van der Waals surface area (Å²) in [5.41, 5.74) is 6.58. The first-order valence-electron chi connectivity index (χ1n) is 13.9. The Morgan fingerprint density at radius 2 is 1.82 bits per heavy atom. The highest BCUT2D eigenvalue weighted by Crippen LogP contribution is 2.36. The summed E-state index contributed by atoms with van der Waals surface area (Å²) in [6.45, 7) is 6.79. The van der Waals surface area contributed by atoms with Crippen molar-refractivity contribution in [2.24, 2.45) is 5.92 Å². The molecule has 8 heteroatoms. The van der Waals surface area contributed by atoms with Crippen LogP contribution in [-0.2, 0) is 6.54 Å². The van der Waals surface area contributed by atoms with Gasteiger partial charge in [0, 0.05) is 19.6 Å². The van der Waals surface area contributed by atoms with Crippen LogP contribution in [0.25, 0.3) is 22.2 Å². The molecule has 0 unspecified atom stereocenters. The molecule has 1 N–H and O–H groups in total. The molecule has 1 aromatic heterocycles. The van der Waals surface area contributed by atoms with Crippen molar-refractivity contribution in [1.29, 1.82) is 0 Å². The lowest BCUT2D eigenvalue weighted by Gasteiger charge is -2.41. The third-order valence-electron chi connectivity index (χ3n) is 7.91. The van der Waals surface area contributed by atoms with Gasteiger partial charge in [0.05, 0.1) is 23.7 Å². The van der Waals surface area contributed by atoms with Crippen LogP contribution in [0.15, 0.2) is 54.6 Å². The first kappa shape index (κ1) is 27.7. The first-order chi connectivity index (χ1) is 19.3. The molecule has 0 radical (unpaired) electrons. The summed E-state index contributed by atoms with van der Waals surface area (Å²) in [4.78, 5) is 25.3. The number of benzene rings is 3. The van der Waals surface area contributed by atoms with Gasteiger partial charge in [-0.05, 0) is 97.2 Å². The number of carbonyl (C=O) groups is 1. The third-order valence-corrected chi connectivity index (χ3v) is 7.91. The number of halogens is 3. The number of nitrogens with zero attached hydrogens (tertiary/aromatic N) is 3. The minimum Gasteiger partial charge on any atom is -0.342 e. The average Bonchev–Trinajstić information content (AvgIpc) is 3.34. The van der Waals surface area contributed by atoms with E-state index in [2.05, 4.69) is 34.2 Å². The molecule has 1 aliphatic rings. The zero-order chi connectivity index (χ0) is 28.4. The molecule has 1 saturated heterocycles. The molecular formula is C32H35F3N4O. The Morgan fingerprint density at radius 1 is 1.05 bits per heavy atom. The number of aromatic amines is 1. The van der Waals surface area contributed by atoms with Gasteiger partial charge in [0.15, 0.2) is 11.6 Å². The van der Waals surface area contributed by atoms with Crippen LogP contribution < -0.4 is 0 Å². The lowest BCUT2D eigenvalue weighted by Crippen LogP contribution is -2.48. The van der Waals surface area contributed by atoms with Gasteiger partial charge >= 0.3 is 6.03 Å². The Bertz CT molecular complexity index is 1520. The molecule has 2 heterocycles. The highest BCUT2D eigenvalue weighted by molar-refractivity contribution is 5.82. The lowest BCUT2D eigenvalue weighted by atomic mass is 9.88. The van der Waals surface area contributed by atoms with E-state index in [1.807, 2.05) is 37.8 Å². The first-order valence-corrected chi connectivity index (χ1v) is 13.9. The van der Waals surface area contributed by atoms with Crippen molar-refractivity contribution in [2.45, 2.75) is 52.6 Å². The Morgan fingerprint density at radius 3 is 2.58 bits per heavy atom. The second-order valence-corrected chi connectivity index (χ2v) is 10.8. The minimum atomic E-state index is -0.964. The minimum absolute atomic E-state index is 0.173. The number of likely N-dealkylation sites (tertiary alicyclic amines) is 1. The summed E-state index contributed by atoms with van der Waals surface area (Å²) >= 11 is 0. The van der Waals surface area contributed by atoms with E-state index in [1.165, 1.54) is 6.07 Å². The lowest BCUT2D eigenvalue weighted by molar-refractivity contribution is 0.0890. The van der Waals surface area contributed by atoms with Crippen LogP contribution in [0, 0.1) is 31.4 Å². The summed E-state index contributed by atoms with van der Waals surface area (Å²) in [7, 11) is 0. The van der Waals surface area contributed by atoms with Crippen LogP contribution in [0.4, 0.5) is 18.0 Å². The molecule has 5 nitrogen and oxygen atoms in total. The predicted molar refractivity (Wildman–Crippen MR) is 152 cm³/mol. The number of fused-ring (bicyclic) bond motifs is 1. The van der Waals surface area contributed by atoms with Crippen LogP contribution in [0.5, 0.6) is 0 Å². The number of piperidine rings is 1. The maximum Gasteiger partial charge on any atom is 0.320 e. The van der Waals surface area contributed by atoms with E-state index in [4.69, 9.17) is 0 Å². The van der Waals surface area contributed by atoms with Gasteiger partial charge in [0.25, 0.3) is 0 Å². The summed E-state index contributed by atoms with van der Waals surface area (Å²) < 4.78 is 41.5. The van der Waals surface area contributed by atoms with Crippen molar-refractivity contribution in [1.82, 2.24) is 19.8 Å². The molecule has 210 valence electrons. The molecule has 0 saturated carbocycles. The molecular weight excluding hydrogens is 513 g/mol. The molecule has 4 aromatic rings. The van der Waals surface area contributed by atoms with Crippen LogP contribution in [0.3, 0.4) is 0 Å². The summed E-state index contributed by atoms with van der Waals surface area (Å²) in [6, 6.07) is 15.4. The van der Waals surface area contributed by atoms with Crippen molar-refractivity contribution in [3.8, 4) is 11.1 Å². The standard InChI is InChI=1S/C32H35F3N4O/c1-4-12-38(32(40)39-13-11-22(18-33)14-31(39)25-7-9-27(34)28(35)16-25)19-26-15-23(6-5-20(26)2)24-8-10-29-30(17-24)37-21(3)36-29/h5-10,15-17,22,31H,4,11-14,18-19H2,1-3H3,(H,36,37)/t22-,31+/m0/s1. The van der Waals surface area contributed by atoms with Gasteiger partial charge in [-0.1, -0.05) is 31.2 Å². The van der Waals surface area contributed by atoms with E-state index < -0.39 is 24.4 Å². The van der Waals surface area contributed by atoms with Crippen LogP contribution >= 0.6 is 0 Å².